The molecule has 0 radical (unpaired) electrons. The molecule has 0 spiro atoms. The van der Waals surface area contributed by atoms with Gasteiger partial charge in [-0.2, -0.15) is 0 Å². The van der Waals surface area contributed by atoms with Gasteiger partial charge in [-0.05, 0) is 38.0 Å². The lowest BCUT2D eigenvalue weighted by Gasteiger charge is -2.42. The minimum absolute atomic E-state index is 0.737. The Bertz CT molecular complexity index is 187. The Morgan fingerprint density at radius 1 is 1.00 bits per heavy atom. The first kappa shape index (κ1) is 11.4. The average Bonchev–Trinajstić information content (AvgIpc) is 2.17. The van der Waals surface area contributed by atoms with Crippen molar-refractivity contribution in [2.24, 2.45) is 11.8 Å². The highest BCUT2D eigenvalue weighted by Crippen LogP contribution is 2.25. The number of hydrogen-bond donors (Lipinski definition) is 1. The fourth-order valence-corrected chi connectivity index (χ4v) is 3.30. The predicted octanol–water partition coefficient (Wildman–Crippen LogP) is 2.10. The summed E-state index contributed by atoms with van der Waals surface area (Å²) < 4.78 is 0. The van der Waals surface area contributed by atoms with E-state index in [-0.39, 0.29) is 0 Å². The van der Waals surface area contributed by atoms with Crippen LogP contribution in [-0.4, -0.2) is 36.6 Å². The van der Waals surface area contributed by atoms with Gasteiger partial charge in [0.2, 0.25) is 0 Å². The lowest BCUT2D eigenvalue weighted by molar-refractivity contribution is 0.0768. The number of nitrogens with zero attached hydrogens (tertiary/aromatic N) is 1. The van der Waals surface area contributed by atoms with Gasteiger partial charge in [-0.1, -0.05) is 13.8 Å². The Kier molecular flexibility index (Phi) is 3.68. The van der Waals surface area contributed by atoms with Crippen LogP contribution in [0.5, 0.6) is 0 Å². The van der Waals surface area contributed by atoms with Crippen LogP contribution in [0.1, 0.15) is 40.0 Å². The molecule has 2 aliphatic rings. The molecular formula is C13H26N2. The molecule has 2 saturated heterocycles. The van der Waals surface area contributed by atoms with Gasteiger partial charge in [-0.3, -0.25) is 4.90 Å². The van der Waals surface area contributed by atoms with Crippen molar-refractivity contribution in [2.75, 3.05) is 19.6 Å². The van der Waals surface area contributed by atoms with E-state index in [2.05, 4.69) is 31.0 Å². The Hall–Kier alpha value is -0.0800. The van der Waals surface area contributed by atoms with Gasteiger partial charge in [0.15, 0.2) is 0 Å². The van der Waals surface area contributed by atoms with E-state index in [1.165, 1.54) is 38.9 Å². The summed E-state index contributed by atoms with van der Waals surface area (Å²) in [6, 6.07) is 1.55. The summed E-state index contributed by atoms with van der Waals surface area (Å²) in [5.74, 6) is 1.79. The van der Waals surface area contributed by atoms with Crippen LogP contribution < -0.4 is 5.32 Å². The maximum absolute atomic E-state index is 3.62. The molecule has 0 amide bonds. The highest BCUT2D eigenvalue weighted by molar-refractivity contribution is 4.86. The second-order valence-electron chi connectivity index (χ2n) is 5.94. The van der Waals surface area contributed by atoms with Crippen LogP contribution in [0, 0.1) is 11.8 Å². The van der Waals surface area contributed by atoms with E-state index in [1.807, 2.05) is 0 Å². The lowest BCUT2D eigenvalue weighted by Crippen LogP contribution is -2.52. The van der Waals surface area contributed by atoms with Crippen LogP contribution in [-0.2, 0) is 0 Å². The van der Waals surface area contributed by atoms with Crippen molar-refractivity contribution >= 4 is 0 Å². The fourth-order valence-electron chi connectivity index (χ4n) is 3.30. The van der Waals surface area contributed by atoms with Crippen molar-refractivity contribution in [1.29, 1.82) is 0 Å². The number of likely N-dealkylation sites (tertiary alicyclic amines) is 1. The zero-order valence-corrected chi connectivity index (χ0v) is 10.5. The molecule has 4 unspecified atom stereocenters. The first-order valence-electron chi connectivity index (χ1n) is 6.62. The molecule has 0 aromatic carbocycles. The standard InChI is InChI=1S/C13H26N2/c1-10-6-11(2)9-15(8-10)13-5-4-12(3)14-7-13/h10-14H,4-9H2,1-3H3. The van der Waals surface area contributed by atoms with Crippen LogP contribution in [0.2, 0.25) is 0 Å². The van der Waals surface area contributed by atoms with Gasteiger partial charge < -0.3 is 5.32 Å². The molecule has 0 saturated carbocycles. The monoisotopic (exact) mass is 210 g/mol. The summed E-state index contributed by atoms with van der Waals surface area (Å²) in [7, 11) is 0. The van der Waals surface area contributed by atoms with E-state index in [0.717, 1.165) is 23.9 Å². The van der Waals surface area contributed by atoms with Gasteiger partial charge in [0.05, 0.1) is 0 Å². The normalized spacial score (nSPS) is 44.2. The number of hydrogen-bond acceptors (Lipinski definition) is 2. The van der Waals surface area contributed by atoms with E-state index in [1.54, 1.807) is 0 Å². The summed E-state index contributed by atoms with van der Waals surface area (Å²) in [6.45, 7) is 11.0. The second-order valence-corrected chi connectivity index (χ2v) is 5.94. The molecule has 2 rings (SSSR count). The topological polar surface area (TPSA) is 15.3 Å². The SMILES string of the molecule is CC1CC(C)CN(C2CCC(C)NC2)C1. The maximum Gasteiger partial charge on any atom is 0.0221 e. The van der Waals surface area contributed by atoms with Gasteiger partial charge in [-0.15, -0.1) is 0 Å². The van der Waals surface area contributed by atoms with Crippen molar-refractivity contribution in [1.82, 2.24) is 10.2 Å². The molecule has 15 heavy (non-hydrogen) atoms. The largest absolute Gasteiger partial charge is 0.313 e. The van der Waals surface area contributed by atoms with E-state index < -0.39 is 0 Å². The van der Waals surface area contributed by atoms with Gasteiger partial charge in [0.25, 0.3) is 0 Å². The minimum Gasteiger partial charge on any atom is -0.313 e. The van der Waals surface area contributed by atoms with Gasteiger partial charge in [-0.25, -0.2) is 0 Å². The second kappa shape index (κ2) is 4.84. The third kappa shape index (κ3) is 2.94. The molecule has 2 nitrogen and oxygen atoms in total. The van der Waals surface area contributed by atoms with Crippen LogP contribution >= 0.6 is 0 Å². The first-order chi connectivity index (χ1) is 7.15. The summed E-state index contributed by atoms with van der Waals surface area (Å²) >= 11 is 0. The highest BCUT2D eigenvalue weighted by atomic mass is 15.2. The van der Waals surface area contributed by atoms with Gasteiger partial charge in [0.1, 0.15) is 0 Å². The molecule has 2 fully saturated rings. The molecular weight excluding hydrogens is 184 g/mol. The van der Waals surface area contributed by atoms with Crippen LogP contribution in [0.15, 0.2) is 0 Å². The number of piperidine rings is 2. The average molecular weight is 210 g/mol. The van der Waals surface area contributed by atoms with Crippen molar-refractivity contribution in [2.45, 2.75) is 52.1 Å². The Morgan fingerprint density at radius 2 is 1.67 bits per heavy atom. The summed E-state index contributed by atoms with van der Waals surface area (Å²) in [6.07, 6.45) is 4.17. The molecule has 2 heteroatoms. The molecule has 0 aromatic rings. The van der Waals surface area contributed by atoms with Crippen LogP contribution in [0.25, 0.3) is 0 Å². The Morgan fingerprint density at radius 3 is 2.20 bits per heavy atom. The third-order valence-corrected chi connectivity index (χ3v) is 4.05. The molecule has 0 aromatic heterocycles. The van der Waals surface area contributed by atoms with Crippen molar-refractivity contribution in [3.63, 3.8) is 0 Å². The van der Waals surface area contributed by atoms with E-state index in [4.69, 9.17) is 0 Å². The van der Waals surface area contributed by atoms with Gasteiger partial charge in [0, 0.05) is 31.7 Å². The smallest absolute Gasteiger partial charge is 0.0221 e. The summed E-state index contributed by atoms with van der Waals surface area (Å²) in [5, 5.41) is 3.62. The van der Waals surface area contributed by atoms with Crippen LogP contribution in [0.4, 0.5) is 0 Å². The van der Waals surface area contributed by atoms with E-state index in [9.17, 15) is 0 Å². The van der Waals surface area contributed by atoms with Crippen molar-refractivity contribution in [3.05, 3.63) is 0 Å². The molecule has 2 aliphatic heterocycles. The quantitative estimate of drug-likeness (QED) is 0.713. The first-order valence-corrected chi connectivity index (χ1v) is 6.62. The zero-order chi connectivity index (χ0) is 10.8. The van der Waals surface area contributed by atoms with Gasteiger partial charge >= 0.3 is 0 Å². The van der Waals surface area contributed by atoms with E-state index >= 15 is 0 Å². The van der Waals surface area contributed by atoms with Crippen LogP contribution in [0.3, 0.4) is 0 Å². The van der Waals surface area contributed by atoms with Crippen molar-refractivity contribution < 1.29 is 0 Å². The molecule has 0 bridgehead atoms. The highest BCUT2D eigenvalue weighted by Gasteiger charge is 2.29. The van der Waals surface area contributed by atoms with Crippen molar-refractivity contribution in [3.8, 4) is 0 Å². The molecule has 0 aliphatic carbocycles. The lowest BCUT2D eigenvalue weighted by atomic mass is 9.89. The predicted molar refractivity (Wildman–Crippen MR) is 65.0 cm³/mol. The Labute approximate surface area is 94.4 Å². The fraction of sp³-hybridized carbons (Fsp3) is 1.00. The third-order valence-electron chi connectivity index (χ3n) is 4.05. The maximum atomic E-state index is 3.62. The zero-order valence-electron chi connectivity index (χ0n) is 10.5. The molecule has 4 atom stereocenters. The Balaban J connectivity index is 1.87. The minimum atomic E-state index is 0.737. The van der Waals surface area contributed by atoms with E-state index in [0.29, 0.717) is 0 Å². The molecule has 1 N–H and O–H groups in total. The molecule has 88 valence electrons. The summed E-state index contributed by atoms with van der Waals surface area (Å²) in [5.41, 5.74) is 0. The molecule has 2 heterocycles. The summed E-state index contributed by atoms with van der Waals surface area (Å²) in [4.78, 5) is 2.73. The number of rotatable bonds is 1. The number of nitrogens with one attached hydrogen (secondary N) is 1.